The number of aromatic nitrogens is 2. The molecule has 0 aliphatic carbocycles. The van der Waals surface area contributed by atoms with E-state index in [0.717, 1.165) is 6.20 Å². The first-order valence-corrected chi connectivity index (χ1v) is 6.47. The number of H-pyrrole nitrogens is 1. The van der Waals surface area contributed by atoms with Gasteiger partial charge in [-0.25, -0.2) is 17.9 Å². The Bertz CT molecular complexity index is 534. The molecule has 102 valence electrons. The average molecular weight is 277 g/mol. The largest absolute Gasteiger partial charge is 0.478 e. The molecule has 8 nitrogen and oxygen atoms in total. The Morgan fingerprint density at radius 2 is 2.22 bits per heavy atom. The van der Waals surface area contributed by atoms with Gasteiger partial charge in [-0.15, -0.1) is 0 Å². The molecule has 1 aromatic heterocycles. The van der Waals surface area contributed by atoms with Crippen LogP contribution in [-0.2, 0) is 14.8 Å². The summed E-state index contributed by atoms with van der Waals surface area (Å²) in [5.41, 5.74) is -1.27. The molecule has 0 radical (unpaired) electrons. The standard InChI is InChI=1S/C9H15N3O5S/c1-9(2,5-17-3)12-18(15,16)7-6(8(13)14)4-10-11-7/h4,12H,5H2,1-3H3,(H,10,11)(H,13,14). The monoisotopic (exact) mass is 277 g/mol. The van der Waals surface area contributed by atoms with Crippen molar-refractivity contribution in [1.82, 2.24) is 14.9 Å². The van der Waals surface area contributed by atoms with Crippen LogP contribution in [0.25, 0.3) is 0 Å². The maximum atomic E-state index is 12.0. The summed E-state index contributed by atoms with van der Waals surface area (Å²) in [7, 11) is -2.56. The minimum Gasteiger partial charge on any atom is -0.478 e. The van der Waals surface area contributed by atoms with Crippen LogP contribution in [0.2, 0.25) is 0 Å². The van der Waals surface area contributed by atoms with E-state index in [-0.39, 0.29) is 6.61 Å². The van der Waals surface area contributed by atoms with Crippen molar-refractivity contribution in [3.05, 3.63) is 11.8 Å². The van der Waals surface area contributed by atoms with E-state index in [0.29, 0.717) is 0 Å². The molecule has 0 aromatic carbocycles. The minimum absolute atomic E-state index is 0.142. The van der Waals surface area contributed by atoms with Crippen molar-refractivity contribution >= 4 is 16.0 Å². The highest BCUT2D eigenvalue weighted by molar-refractivity contribution is 7.89. The molecular weight excluding hydrogens is 262 g/mol. The SMILES string of the molecule is COCC(C)(C)NS(=O)(=O)c1[nH]ncc1C(=O)O. The smallest absolute Gasteiger partial charge is 0.340 e. The van der Waals surface area contributed by atoms with Crippen LogP contribution >= 0.6 is 0 Å². The molecule has 1 aromatic rings. The first kappa shape index (κ1) is 14.6. The molecule has 9 heteroatoms. The number of aromatic amines is 1. The molecular formula is C9H15N3O5S. The number of aromatic carboxylic acids is 1. The molecule has 1 rings (SSSR count). The van der Waals surface area contributed by atoms with Crippen molar-refractivity contribution in [3.8, 4) is 0 Å². The predicted molar refractivity (Wildman–Crippen MR) is 61.8 cm³/mol. The van der Waals surface area contributed by atoms with Gasteiger partial charge in [0, 0.05) is 7.11 Å². The van der Waals surface area contributed by atoms with Gasteiger partial charge in [0.05, 0.1) is 18.3 Å². The van der Waals surface area contributed by atoms with E-state index in [1.165, 1.54) is 7.11 Å². The molecule has 3 N–H and O–H groups in total. The lowest BCUT2D eigenvalue weighted by Crippen LogP contribution is -2.47. The third kappa shape index (κ3) is 3.28. The number of hydrogen-bond donors (Lipinski definition) is 3. The van der Waals surface area contributed by atoms with Crippen LogP contribution in [0.5, 0.6) is 0 Å². The van der Waals surface area contributed by atoms with E-state index in [1.54, 1.807) is 13.8 Å². The summed E-state index contributed by atoms with van der Waals surface area (Å²) >= 11 is 0. The topological polar surface area (TPSA) is 121 Å². The van der Waals surface area contributed by atoms with Crippen LogP contribution < -0.4 is 4.72 Å². The summed E-state index contributed by atoms with van der Waals surface area (Å²) < 4.78 is 31.2. The van der Waals surface area contributed by atoms with Gasteiger partial charge in [0.2, 0.25) is 0 Å². The van der Waals surface area contributed by atoms with Gasteiger partial charge < -0.3 is 9.84 Å². The van der Waals surface area contributed by atoms with Crippen molar-refractivity contribution in [2.75, 3.05) is 13.7 Å². The molecule has 18 heavy (non-hydrogen) atoms. The number of rotatable bonds is 6. The lowest BCUT2D eigenvalue weighted by molar-refractivity contribution is 0.0692. The van der Waals surface area contributed by atoms with Crippen molar-refractivity contribution in [3.63, 3.8) is 0 Å². The number of methoxy groups -OCH3 is 1. The molecule has 0 aliphatic rings. The zero-order valence-corrected chi connectivity index (χ0v) is 11.0. The number of nitrogens with zero attached hydrogens (tertiary/aromatic N) is 1. The first-order chi connectivity index (χ1) is 8.19. The van der Waals surface area contributed by atoms with Crippen molar-refractivity contribution in [2.45, 2.75) is 24.4 Å². The summed E-state index contributed by atoms with van der Waals surface area (Å²) in [6.45, 7) is 3.37. The van der Waals surface area contributed by atoms with E-state index in [4.69, 9.17) is 9.84 Å². The zero-order valence-electron chi connectivity index (χ0n) is 10.2. The van der Waals surface area contributed by atoms with E-state index in [9.17, 15) is 13.2 Å². The fourth-order valence-electron chi connectivity index (χ4n) is 1.44. The number of carboxylic acid groups (broad SMARTS) is 1. The fourth-order valence-corrected chi connectivity index (χ4v) is 2.93. The van der Waals surface area contributed by atoms with Crippen molar-refractivity contribution in [1.29, 1.82) is 0 Å². The van der Waals surface area contributed by atoms with Gasteiger partial charge in [0.15, 0.2) is 5.03 Å². The number of carboxylic acids is 1. The highest BCUT2D eigenvalue weighted by Crippen LogP contribution is 2.15. The maximum absolute atomic E-state index is 12.0. The van der Waals surface area contributed by atoms with E-state index >= 15 is 0 Å². The highest BCUT2D eigenvalue weighted by atomic mass is 32.2. The Balaban J connectivity index is 3.07. The van der Waals surface area contributed by atoms with Gasteiger partial charge >= 0.3 is 5.97 Å². The Morgan fingerprint density at radius 1 is 1.61 bits per heavy atom. The van der Waals surface area contributed by atoms with E-state index in [1.807, 2.05) is 0 Å². The first-order valence-electron chi connectivity index (χ1n) is 4.99. The van der Waals surface area contributed by atoms with Crippen LogP contribution in [0.15, 0.2) is 11.2 Å². The number of nitrogens with one attached hydrogen (secondary N) is 2. The van der Waals surface area contributed by atoms with Crippen LogP contribution in [0.3, 0.4) is 0 Å². The lowest BCUT2D eigenvalue weighted by atomic mass is 10.1. The summed E-state index contributed by atoms with van der Waals surface area (Å²) in [6, 6.07) is 0. The second-order valence-corrected chi connectivity index (χ2v) is 5.96. The Kier molecular flexibility index (Phi) is 4.09. The summed E-state index contributed by atoms with van der Waals surface area (Å²) in [5.74, 6) is -1.37. The van der Waals surface area contributed by atoms with E-state index < -0.39 is 32.1 Å². The van der Waals surface area contributed by atoms with Gasteiger partial charge in [-0.3, -0.25) is 5.10 Å². The molecule has 0 unspecified atom stereocenters. The third-order valence-electron chi connectivity index (χ3n) is 2.02. The Labute approximate surface area is 104 Å². The summed E-state index contributed by atoms with van der Waals surface area (Å²) in [6.07, 6.45) is 0.945. The lowest BCUT2D eigenvalue weighted by Gasteiger charge is -2.24. The molecule has 0 fully saturated rings. The molecule has 0 spiro atoms. The van der Waals surface area contributed by atoms with Crippen LogP contribution in [0, 0.1) is 0 Å². The number of sulfonamides is 1. The second-order valence-electron chi connectivity index (χ2n) is 4.34. The molecule has 0 saturated carbocycles. The van der Waals surface area contributed by atoms with E-state index in [2.05, 4.69) is 14.9 Å². The predicted octanol–water partition coefficient (Wildman–Crippen LogP) is -0.189. The molecule has 0 saturated heterocycles. The van der Waals surface area contributed by atoms with Crippen LogP contribution in [0.1, 0.15) is 24.2 Å². The average Bonchev–Trinajstić information content (AvgIpc) is 2.63. The molecule has 0 bridgehead atoms. The van der Waals surface area contributed by atoms with Crippen molar-refractivity contribution in [2.24, 2.45) is 0 Å². The summed E-state index contributed by atoms with van der Waals surface area (Å²) in [4.78, 5) is 10.8. The van der Waals surface area contributed by atoms with Gasteiger partial charge in [-0.1, -0.05) is 0 Å². The number of hydrogen-bond acceptors (Lipinski definition) is 5. The summed E-state index contributed by atoms with van der Waals surface area (Å²) in [5, 5.41) is 14.0. The van der Waals surface area contributed by atoms with Crippen LogP contribution in [0.4, 0.5) is 0 Å². The molecule has 0 atom stereocenters. The van der Waals surface area contributed by atoms with Gasteiger partial charge in [0.25, 0.3) is 10.0 Å². The molecule has 0 amide bonds. The van der Waals surface area contributed by atoms with Crippen molar-refractivity contribution < 1.29 is 23.1 Å². The zero-order chi connectivity index (χ0) is 14.0. The highest BCUT2D eigenvalue weighted by Gasteiger charge is 2.30. The Hall–Kier alpha value is -1.45. The maximum Gasteiger partial charge on any atom is 0.340 e. The van der Waals surface area contributed by atoms with Gasteiger partial charge in [-0.2, -0.15) is 5.10 Å². The normalized spacial score (nSPS) is 12.6. The molecule has 1 heterocycles. The van der Waals surface area contributed by atoms with Gasteiger partial charge in [-0.05, 0) is 13.8 Å². The number of ether oxygens (including phenoxy) is 1. The quantitative estimate of drug-likeness (QED) is 0.662. The van der Waals surface area contributed by atoms with Crippen LogP contribution in [-0.4, -0.2) is 48.9 Å². The Morgan fingerprint density at radius 3 is 2.72 bits per heavy atom. The third-order valence-corrected chi connectivity index (χ3v) is 3.69. The number of carbonyl (C=O) groups is 1. The molecule has 0 aliphatic heterocycles. The minimum atomic E-state index is -4.00. The second kappa shape index (κ2) is 5.04. The van der Waals surface area contributed by atoms with Gasteiger partial charge in [0.1, 0.15) is 5.56 Å². The fraction of sp³-hybridized carbons (Fsp3) is 0.556.